The van der Waals surface area contributed by atoms with Crippen molar-refractivity contribution in [3.8, 4) is 0 Å². The summed E-state index contributed by atoms with van der Waals surface area (Å²) in [6.45, 7) is 4.68. The fourth-order valence-corrected chi connectivity index (χ4v) is 5.57. The summed E-state index contributed by atoms with van der Waals surface area (Å²) in [7, 11) is 0. The van der Waals surface area contributed by atoms with Crippen molar-refractivity contribution in [1.29, 1.82) is 0 Å². The number of anilines is 1. The van der Waals surface area contributed by atoms with Gasteiger partial charge in [0.15, 0.2) is 5.13 Å². The quantitative estimate of drug-likeness (QED) is 0.388. The second-order valence-electron chi connectivity index (χ2n) is 7.16. The SMILES string of the molecule is O=C(CCSc1ccc(Cl)cc1)N(CCN1CCOCC1)c1nc2ccc(Cl)cc2s1. The van der Waals surface area contributed by atoms with Gasteiger partial charge in [0.05, 0.1) is 23.4 Å². The van der Waals surface area contributed by atoms with Gasteiger partial charge in [0, 0.05) is 53.3 Å². The van der Waals surface area contributed by atoms with E-state index in [2.05, 4.69) is 4.90 Å². The third-order valence-electron chi connectivity index (χ3n) is 5.01. The Morgan fingerprint density at radius 3 is 2.65 bits per heavy atom. The number of carbonyl (C=O) groups is 1. The minimum atomic E-state index is 0.0832. The van der Waals surface area contributed by atoms with E-state index in [0.717, 1.165) is 53.1 Å². The minimum absolute atomic E-state index is 0.0832. The highest BCUT2D eigenvalue weighted by atomic mass is 35.5. The molecule has 0 saturated carbocycles. The summed E-state index contributed by atoms with van der Waals surface area (Å²) in [5.41, 5.74) is 0.865. The lowest BCUT2D eigenvalue weighted by Crippen LogP contribution is -2.43. The lowest BCUT2D eigenvalue weighted by Gasteiger charge is -2.29. The van der Waals surface area contributed by atoms with Crippen LogP contribution in [0.25, 0.3) is 10.2 Å². The van der Waals surface area contributed by atoms with E-state index in [1.807, 2.05) is 47.4 Å². The number of benzene rings is 2. The molecule has 1 amide bonds. The summed E-state index contributed by atoms with van der Waals surface area (Å²) in [5, 5.41) is 2.12. The maximum Gasteiger partial charge on any atom is 0.229 e. The normalized spacial score (nSPS) is 14.8. The van der Waals surface area contributed by atoms with Crippen LogP contribution in [0.2, 0.25) is 10.0 Å². The highest BCUT2D eigenvalue weighted by Gasteiger charge is 2.21. The van der Waals surface area contributed by atoms with Crippen molar-refractivity contribution in [1.82, 2.24) is 9.88 Å². The van der Waals surface area contributed by atoms with Gasteiger partial charge in [-0.05, 0) is 42.5 Å². The molecule has 0 aliphatic carbocycles. The lowest BCUT2D eigenvalue weighted by molar-refractivity contribution is -0.118. The van der Waals surface area contributed by atoms with Gasteiger partial charge in [-0.25, -0.2) is 4.98 Å². The van der Waals surface area contributed by atoms with Crippen LogP contribution < -0.4 is 4.90 Å². The standard InChI is InChI=1S/C22H23Cl2N3O2S2/c23-16-1-4-18(5-2-16)30-14-7-21(28)27(9-8-26-10-12-29-13-11-26)22-25-19-6-3-17(24)15-20(19)31-22/h1-6,15H,7-14H2. The molecule has 1 aliphatic rings. The zero-order valence-corrected chi connectivity index (χ0v) is 20.1. The van der Waals surface area contributed by atoms with Gasteiger partial charge < -0.3 is 4.74 Å². The van der Waals surface area contributed by atoms with Crippen LogP contribution in [-0.2, 0) is 9.53 Å². The molecule has 1 aliphatic heterocycles. The lowest BCUT2D eigenvalue weighted by atomic mass is 10.3. The monoisotopic (exact) mass is 495 g/mol. The molecule has 1 fully saturated rings. The van der Waals surface area contributed by atoms with Gasteiger partial charge in [-0.1, -0.05) is 34.5 Å². The fraction of sp³-hybridized carbons (Fsp3) is 0.364. The van der Waals surface area contributed by atoms with E-state index < -0.39 is 0 Å². The van der Waals surface area contributed by atoms with Gasteiger partial charge in [0.1, 0.15) is 0 Å². The van der Waals surface area contributed by atoms with E-state index in [9.17, 15) is 4.79 Å². The maximum absolute atomic E-state index is 13.2. The van der Waals surface area contributed by atoms with Crippen LogP contribution in [0.1, 0.15) is 6.42 Å². The maximum atomic E-state index is 13.2. The van der Waals surface area contributed by atoms with Crippen LogP contribution in [0.4, 0.5) is 5.13 Å². The summed E-state index contributed by atoms with van der Waals surface area (Å²) in [4.78, 5) is 23.2. The Hall–Kier alpha value is -1.35. The van der Waals surface area contributed by atoms with Crippen molar-refractivity contribution in [3.05, 3.63) is 52.5 Å². The molecule has 164 valence electrons. The molecule has 0 spiro atoms. The molecular formula is C22H23Cl2N3O2S2. The molecule has 9 heteroatoms. The number of amides is 1. The molecule has 4 rings (SSSR count). The molecule has 2 heterocycles. The molecule has 5 nitrogen and oxygen atoms in total. The minimum Gasteiger partial charge on any atom is -0.379 e. The Balaban J connectivity index is 1.44. The number of thioether (sulfide) groups is 1. The number of hydrogen-bond acceptors (Lipinski definition) is 6. The number of ether oxygens (including phenoxy) is 1. The predicted octanol–water partition coefficient (Wildman–Crippen LogP) is 5.45. The van der Waals surface area contributed by atoms with Crippen LogP contribution in [0.5, 0.6) is 0 Å². The molecular weight excluding hydrogens is 473 g/mol. The molecule has 0 bridgehead atoms. The first kappa shape index (κ1) is 22.8. The van der Waals surface area contributed by atoms with Crippen molar-refractivity contribution in [2.45, 2.75) is 11.3 Å². The molecule has 0 radical (unpaired) electrons. The summed E-state index contributed by atoms with van der Waals surface area (Å²) in [6.07, 6.45) is 0.438. The molecule has 31 heavy (non-hydrogen) atoms. The van der Waals surface area contributed by atoms with Gasteiger partial charge in [-0.15, -0.1) is 11.8 Å². The number of morpholine rings is 1. The molecule has 0 N–H and O–H groups in total. The summed E-state index contributed by atoms with van der Waals surface area (Å²) >= 11 is 15.3. The second-order valence-corrected chi connectivity index (χ2v) is 10.2. The van der Waals surface area contributed by atoms with Gasteiger partial charge in [-0.2, -0.15) is 0 Å². The summed E-state index contributed by atoms with van der Waals surface area (Å²) in [5.74, 6) is 0.783. The number of fused-ring (bicyclic) bond motifs is 1. The first-order valence-corrected chi connectivity index (χ1v) is 12.7. The van der Waals surface area contributed by atoms with Crippen molar-refractivity contribution < 1.29 is 9.53 Å². The van der Waals surface area contributed by atoms with E-state index in [1.54, 1.807) is 11.8 Å². The highest BCUT2D eigenvalue weighted by Crippen LogP contribution is 2.31. The molecule has 2 aromatic carbocycles. The Morgan fingerprint density at radius 2 is 1.87 bits per heavy atom. The van der Waals surface area contributed by atoms with Gasteiger partial charge in [-0.3, -0.25) is 14.6 Å². The largest absolute Gasteiger partial charge is 0.379 e. The average molecular weight is 496 g/mol. The number of carbonyl (C=O) groups excluding carboxylic acids is 1. The molecule has 0 atom stereocenters. The Kier molecular flexibility index (Phi) is 8.09. The van der Waals surface area contributed by atoms with E-state index in [-0.39, 0.29) is 5.91 Å². The number of nitrogens with zero attached hydrogens (tertiary/aromatic N) is 3. The van der Waals surface area contributed by atoms with Crippen molar-refractivity contribution in [2.24, 2.45) is 0 Å². The Morgan fingerprint density at radius 1 is 1.13 bits per heavy atom. The molecule has 1 saturated heterocycles. The second kappa shape index (κ2) is 11.0. The highest BCUT2D eigenvalue weighted by molar-refractivity contribution is 7.99. The van der Waals surface area contributed by atoms with E-state index in [0.29, 0.717) is 28.8 Å². The Bertz CT molecular complexity index is 1020. The number of halogens is 2. The zero-order chi connectivity index (χ0) is 21.6. The van der Waals surface area contributed by atoms with Crippen molar-refractivity contribution >= 4 is 67.6 Å². The van der Waals surface area contributed by atoms with E-state index in [4.69, 9.17) is 32.9 Å². The zero-order valence-electron chi connectivity index (χ0n) is 16.9. The molecule has 3 aromatic rings. The van der Waals surface area contributed by atoms with Crippen LogP contribution in [0, 0.1) is 0 Å². The predicted molar refractivity (Wildman–Crippen MR) is 131 cm³/mol. The summed E-state index contributed by atoms with van der Waals surface area (Å²) < 4.78 is 6.42. The first-order valence-electron chi connectivity index (χ1n) is 10.1. The molecule has 1 aromatic heterocycles. The van der Waals surface area contributed by atoms with Gasteiger partial charge in [0.25, 0.3) is 0 Å². The third-order valence-corrected chi connectivity index (χ3v) is 7.55. The van der Waals surface area contributed by atoms with Crippen LogP contribution in [-0.4, -0.2) is 60.9 Å². The van der Waals surface area contributed by atoms with Crippen molar-refractivity contribution in [3.63, 3.8) is 0 Å². The van der Waals surface area contributed by atoms with Gasteiger partial charge in [0.2, 0.25) is 5.91 Å². The topological polar surface area (TPSA) is 45.7 Å². The van der Waals surface area contributed by atoms with E-state index >= 15 is 0 Å². The van der Waals surface area contributed by atoms with Crippen LogP contribution in [0.15, 0.2) is 47.4 Å². The number of thiazole rings is 1. The average Bonchev–Trinajstić information content (AvgIpc) is 3.19. The number of aromatic nitrogens is 1. The first-order chi connectivity index (χ1) is 15.1. The Labute approximate surface area is 200 Å². The van der Waals surface area contributed by atoms with Crippen molar-refractivity contribution in [2.75, 3.05) is 50.0 Å². The smallest absolute Gasteiger partial charge is 0.229 e. The van der Waals surface area contributed by atoms with E-state index in [1.165, 1.54) is 11.3 Å². The van der Waals surface area contributed by atoms with Crippen LogP contribution >= 0.6 is 46.3 Å². The van der Waals surface area contributed by atoms with Crippen LogP contribution in [0.3, 0.4) is 0 Å². The molecule has 0 unspecified atom stereocenters. The fourth-order valence-electron chi connectivity index (χ4n) is 3.32. The van der Waals surface area contributed by atoms with Gasteiger partial charge >= 0.3 is 0 Å². The summed E-state index contributed by atoms with van der Waals surface area (Å²) in [6, 6.07) is 13.3. The number of rotatable bonds is 8. The number of hydrogen-bond donors (Lipinski definition) is 0. The third kappa shape index (κ3) is 6.34.